The van der Waals surface area contributed by atoms with Gasteiger partial charge in [-0.2, -0.15) is 0 Å². The second-order valence-corrected chi connectivity index (χ2v) is 6.38. The van der Waals surface area contributed by atoms with Gasteiger partial charge in [-0.3, -0.25) is 0 Å². The highest BCUT2D eigenvalue weighted by atomic mass is 79.9. The average molecular weight is 384 g/mol. The molecule has 2 aromatic carbocycles. The van der Waals surface area contributed by atoms with E-state index in [9.17, 15) is 0 Å². The summed E-state index contributed by atoms with van der Waals surface area (Å²) >= 11 is 7.44. The molecule has 100 valence electrons. The second-order valence-electron chi connectivity index (χ2n) is 4.61. The lowest BCUT2D eigenvalue weighted by Gasteiger charge is -2.16. The van der Waals surface area contributed by atoms with Crippen LogP contribution in [0, 0.1) is 13.8 Å². The van der Waals surface area contributed by atoms with Crippen LogP contribution >= 0.6 is 31.9 Å². The summed E-state index contributed by atoms with van der Waals surface area (Å²) in [5, 5.41) is 0. The Kier molecular flexibility index (Phi) is 4.69. The van der Waals surface area contributed by atoms with Crippen LogP contribution in [0.25, 0.3) is 0 Å². The Morgan fingerprint density at radius 3 is 2.26 bits per heavy atom. The van der Waals surface area contributed by atoms with Crippen molar-refractivity contribution in [3.63, 3.8) is 0 Å². The third-order valence-electron chi connectivity index (χ3n) is 3.18. The van der Waals surface area contributed by atoms with Crippen molar-refractivity contribution < 1.29 is 4.74 Å². The molecular formula is C16H16Br2O. The van der Waals surface area contributed by atoms with Crippen molar-refractivity contribution in [3.05, 3.63) is 63.1 Å². The molecule has 0 aliphatic rings. The van der Waals surface area contributed by atoms with Gasteiger partial charge in [0.1, 0.15) is 5.75 Å². The lowest BCUT2D eigenvalue weighted by Crippen LogP contribution is -1.98. The number of rotatable bonds is 3. The first-order chi connectivity index (χ1) is 9.02. The molecular weight excluding hydrogens is 368 g/mol. The van der Waals surface area contributed by atoms with E-state index in [0.29, 0.717) is 0 Å². The van der Waals surface area contributed by atoms with Crippen LogP contribution in [0.1, 0.15) is 27.1 Å². The monoisotopic (exact) mass is 382 g/mol. The van der Waals surface area contributed by atoms with Crippen LogP contribution in [0.3, 0.4) is 0 Å². The van der Waals surface area contributed by atoms with E-state index < -0.39 is 0 Å². The molecule has 0 aromatic heterocycles. The molecule has 0 fully saturated rings. The zero-order valence-corrected chi connectivity index (χ0v) is 14.4. The topological polar surface area (TPSA) is 9.23 Å². The molecule has 0 amide bonds. The summed E-state index contributed by atoms with van der Waals surface area (Å²) in [5.41, 5.74) is 4.96. The highest BCUT2D eigenvalue weighted by Crippen LogP contribution is 2.38. The molecule has 0 aliphatic heterocycles. The Morgan fingerprint density at radius 2 is 1.68 bits per heavy atom. The Balaban J connectivity index is 2.41. The first-order valence-electron chi connectivity index (χ1n) is 6.07. The van der Waals surface area contributed by atoms with Gasteiger partial charge in [-0.05, 0) is 54.3 Å². The SMILES string of the molecule is COc1ccc(C(Br)c2ccc(C)cc2Br)c(C)c1. The summed E-state index contributed by atoms with van der Waals surface area (Å²) in [5.74, 6) is 0.893. The van der Waals surface area contributed by atoms with Crippen LogP contribution < -0.4 is 4.74 Å². The van der Waals surface area contributed by atoms with E-state index in [-0.39, 0.29) is 4.83 Å². The normalized spacial score (nSPS) is 12.3. The molecule has 0 N–H and O–H groups in total. The molecule has 3 heteroatoms. The molecule has 0 saturated carbocycles. The third kappa shape index (κ3) is 3.21. The molecule has 1 atom stereocenters. The van der Waals surface area contributed by atoms with Crippen molar-refractivity contribution in [2.24, 2.45) is 0 Å². The van der Waals surface area contributed by atoms with Gasteiger partial charge in [-0.1, -0.05) is 50.1 Å². The van der Waals surface area contributed by atoms with Crippen LogP contribution in [0.15, 0.2) is 40.9 Å². The molecule has 0 saturated heterocycles. The number of alkyl halides is 1. The first kappa shape index (κ1) is 14.6. The van der Waals surface area contributed by atoms with E-state index >= 15 is 0 Å². The van der Waals surface area contributed by atoms with Crippen molar-refractivity contribution >= 4 is 31.9 Å². The maximum absolute atomic E-state index is 5.25. The molecule has 0 bridgehead atoms. The minimum Gasteiger partial charge on any atom is -0.497 e. The van der Waals surface area contributed by atoms with Gasteiger partial charge >= 0.3 is 0 Å². The summed E-state index contributed by atoms with van der Waals surface area (Å²) in [6.45, 7) is 4.20. The van der Waals surface area contributed by atoms with Gasteiger partial charge in [0, 0.05) is 4.47 Å². The molecule has 1 unspecified atom stereocenters. The number of hydrogen-bond acceptors (Lipinski definition) is 1. The molecule has 0 radical (unpaired) electrons. The van der Waals surface area contributed by atoms with Crippen molar-refractivity contribution in [2.75, 3.05) is 7.11 Å². The number of hydrogen-bond donors (Lipinski definition) is 0. The quantitative estimate of drug-likeness (QED) is 0.630. The van der Waals surface area contributed by atoms with Crippen LogP contribution in [0.4, 0.5) is 0 Å². The Bertz CT molecular complexity index is 593. The minimum atomic E-state index is 0.174. The van der Waals surface area contributed by atoms with Crippen molar-refractivity contribution in [1.82, 2.24) is 0 Å². The summed E-state index contributed by atoms with van der Waals surface area (Å²) in [4.78, 5) is 0.174. The van der Waals surface area contributed by atoms with Gasteiger partial charge in [-0.15, -0.1) is 0 Å². The highest BCUT2D eigenvalue weighted by Gasteiger charge is 2.15. The molecule has 0 heterocycles. The zero-order chi connectivity index (χ0) is 14.0. The number of methoxy groups -OCH3 is 1. The predicted octanol–water partition coefficient (Wildman–Crippen LogP) is 5.56. The third-order valence-corrected chi connectivity index (χ3v) is 4.85. The van der Waals surface area contributed by atoms with Gasteiger partial charge in [0.15, 0.2) is 0 Å². The summed E-state index contributed by atoms with van der Waals surface area (Å²) < 4.78 is 6.38. The van der Waals surface area contributed by atoms with E-state index in [0.717, 1.165) is 10.2 Å². The molecule has 1 nitrogen and oxygen atoms in total. The van der Waals surface area contributed by atoms with Crippen molar-refractivity contribution in [2.45, 2.75) is 18.7 Å². The standard InChI is InChI=1S/C16H16Br2O/c1-10-4-6-14(15(17)8-10)16(18)13-7-5-12(19-3)9-11(13)2/h4-9,16H,1-3H3. The van der Waals surface area contributed by atoms with E-state index in [1.54, 1.807) is 7.11 Å². The molecule has 19 heavy (non-hydrogen) atoms. The minimum absolute atomic E-state index is 0.174. The maximum atomic E-state index is 5.25. The van der Waals surface area contributed by atoms with Gasteiger partial charge in [0.05, 0.1) is 11.9 Å². The number of benzene rings is 2. The fourth-order valence-corrected chi connectivity index (χ4v) is 4.01. The van der Waals surface area contributed by atoms with Crippen LogP contribution in [-0.4, -0.2) is 7.11 Å². The molecule has 0 spiro atoms. The maximum Gasteiger partial charge on any atom is 0.119 e. The largest absolute Gasteiger partial charge is 0.497 e. The summed E-state index contributed by atoms with van der Waals surface area (Å²) in [6, 6.07) is 12.6. The molecule has 2 rings (SSSR count). The van der Waals surface area contributed by atoms with Crippen LogP contribution in [0.5, 0.6) is 5.75 Å². The van der Waals surface area contributed by atoms with E-state index in [1.807, 2.05) is 6.07 Å². The Labute approximate surface area is 131 Å². The molecule has 0 aliphatic carbocycles. The average Bonchev–Trinajstić information content (AvgIpc) is 2.37. The second kappa shape index (κ2) is 6.10. The van der Waals surface area contributed by atoms with Gasteiger partial charge in [-0.25, -0.2) is 0 Å². The lowest BCUT2D eigenvalue weighted by atomic mass is 9.99. The smallest absolute Gasteiger partial charge is 0.119 e. The number of aryl methyl sites for hydroxylation is 2. The molecule has 2 aromatic rings. The fourth-order valence-electron chi connectivity index (χ4n) is 2.06. The van der Waals surface area contributed by atoms with Crippen molar-refractivity contribution in [3.8, 4) is 5.75 Å². The predicted molar refractivity (Wildman–Crippen MR) is 87.4 cm³/mol. The lowest BCUT2D eigenvalue weighted by molar-refractivity contribution is 0.414. The van der Waals surface area contributed by atoms with Crippen LogP contribution in [-0.2, 0) is 0 Å². The van der Waals surface area contributed by atoms with Crippen LogP contribution in [0.2, 0.25) is 0 Å². The van der Waals surface area contributed by atoms with E-state index in [1.165, 1.54) is 22.3 Å². The number of halogens is 2. The number of ether oxygens (including phenoxy) is 1. The van der Waals surface area contributed by atoms with Crippen molar-refractivity contribution in [1.29, 1.82) is 0 Å². The summed E-state index contributed by atoms with van der Waals surface area (Å²) in [6.07, 6.45) is 0. The first-order valence-corrected chi connectivity index (χ1v) is 7.78. The van der Waals surface area contributed by atoms with Gasteiger partial charge in [0.25, 0.3) is 0 Å². The van der Waals surface area contributed by atoms with Gasteiger partial charge in [0.2, 0.25) is 0 Å². The Morgan fingerprint density at radius 1 is 1.00 bits per heavy atom. The Hall–Kier alpha value is -0.800. The van der Waals surface area contributed by atoms with E-state index in [2.05, 4.69) is 76.0 Å². The fraction of sp³-hybridized carbons (Fsp3) is 0.250. The van der Waals surface area contributed by atoms with Gasteiger partial charge < -0.3 is 4.74 Å². The zero-order valence-electron chi connectivity index (χ0n) is 11.2. The summed E-state index contributed by atoms with van der Waals surface area (Å²) in [7, 11) is 1.69. The highest BCUT2D eigenvalue weighted by molar-refractivity contribution is 9.11. The van der Waals surface area contributed by atoms with E-state index in [4.69, 9.17) is 4.74 Å².